The van der Waals surface area contributed by atoms with Crippen LogP contribution in [-0.4, -0.2) is 33.9 Å². The van der Waals surface area contributed by atoms with Crippen molar-refractivity contribution in [1.29, 1.82) is 5.26 Å². The third-order valence-electron chi connectivity index (χ3n) is 6.13. The number of aryl methyl sites for hydroxylation is 1. The number of ether oxygens (including phenoxy) is 6. The molecule has 2 N–H and O–H groups in total. The predicted molar refractivity (Wildman–Crippen MR) is 139 cm³/mol. The Balaban J connectivity index is 1.60. The predicted octanol–water partition coefficient (Wildman–Crippen LogP) is 4.48. The quantitative estimate of drug-likeness (QED) is 0.324. The van der Waals surface area contributed by atoms with Crippen LogP contribution in [0.2, 0.25) is 0 Å². The Morgan fingerprint density at radius 3 is 2.21 bits per heavy atom. The molecule has 3 aromatic rings. The molecule has 1 aliphatic heterocycles. The molecule has 4 rings (SSSR count). The highest BCUT2D eigenvalue weighted by atomic mass is 16.6. The second-order valence-electron chi connectivity index (χ2n) is 8.34. The van der Waals surface area contributed by atoms with E-state index in [1.165, 1.54) is 26.9 Å². The van der Waals surface area contributed by atoms with Gasteiger partial charge in [-0.2, -0.15) is 5.26 Å². The number of allylic oxidation sites excluding steroid dienone is 1. The molecular weight excluding hydrogens is 488 g/mol. The molecule has 9 nitrogen and oxygen atoms in total. The van der Waals surface area contributed by atoms with E-state index in [2.05, 4.69) is 13.0 Å². The number of rotatable bonds is 9. The van der Waals surface area contributed by atoms with E-state index < -0.39 is 11.9 Å². The number of hydrogen-bond acceptors (Lipinski definition) is 9. The topological polar surface area (TPSA) is 122 Å². The molecule has 0 spiro atoms. The molecule has 9 heteroatoms. The fourth-order valence-electron chi connectivity index (χ4n) is 4.23. The van der Waals surface area contributed by atoms with Gasteiger partial charge in [-0.3, -0.25) is 0 Å². The summed E-state index contributed by atoms with van der Waals surface area (Å²) in [6.45, 7) is 1.80. The zero-order valence-electron chi connectivity index (χ0n) is 21.6. The first kappa shape index (κ1) is 26.2. The normalized spacial score (nSPS) is 14.0. The van der Waals surface area contributed by atoms with Crippen LogP contribution in [-0.2, 0) is 11.2 Å². The van der Waals surface area contributed by atoms with Crippen LogP contribution in [0.3, 0.4) is 0 Å². The molecule has 1 aliphatic rings. The van der Waals surface area contributed by atoms with Crippen molar-refractivity contribution in [3.63, 3.8) is 0 Å². The van der Waals surface area contributed by atoms with E-state index in [4.69, 9.17) is 34.2 Å². The number of methoxy groups -OCH3 is 3. The molecule has 0 amide bonds. The van der Waals surface area contributed by atoms with Crippen LogP contribution >= 0.6 is 0 Å². The van der Waals surface area contributed by atoms with Crippen molar-refractivity contribution >= 4 is 5.97 Å². The zero-order valence-corrected chi connectivity index (χ0v) is 21.6. The maximum Gasteiger partial charge on any atom is 0.349 e. The van der Waals surface area contributed by atoms with Crippen LogP contribution in [0.15, 0.2) is 66.1 Å². The molecule has 1 heterocycles. The Hall–Kier alpha value is -4.84. The fraction of sp³-hybridized carbons (Fsp3) is 0.241. The van der Waals surface area contributed by atoms with Gasteiger partial charge in [0, 0.05) is 11.6 Å². The number of carbonyl (C=O) groups excluding carboxylic acids is 1. The lowest BCUT2D eigenvalue weighted by Crippen LogP contribution is -2.22. The maximum absolute atomic E-state index is 12.4. The van der Waals surface area contributed by atoms with E-state index in [1.807, 2.05) is 24.3 Å². The van der Waals surface area contributed by atoms with Crippen molar-refractivity contribution in [1.82, 2.24) is 0 Å². The van der Waals surface area contributed by atoms with E-state index in [9.17, 15) is 10.1 Å². The minimum Gasteiger partial charge on any atom is -0.493 e. The average Bonchev–Trinajstić information content (AvgIpc) is 2.94. The van der Waals surface area contributed by atoms with Crippen molar-refractivity contribution in [2.45, 2.75) is 19.3 Å². The van der Waals surface area contributed by atoms with Crippen LogP contribution in [0.4, 0.5) is 0 Å². The van der Waals surface area contributed by atoms with E-state index in [1.54, 1.807) is 30.3 Å². The number of esters is 1. The second-order valence-corrected chi connectivity index (χ2v) is 8.34. The molecule has 1 unspecified atom stereocenters. The van der Waals surface area contributed by atoms with Crippen molar-refractivity contribution in [2.24, 2.45) is 5.73 Å². The number of hydrogen-bond donors (Lipinski definition) is 1. The fourth-order valence-corrected chi connectivity index (χ4v) is 4.23. The lowest BCUT2D eigenvalue weighted by Gasteiger charge is -2.27. The zero-order chi connectivity index (χ0) is 27.2. The van der Waals surface area contributed by atoms with Gasteiger partial charge in [-0.05, 0) is 47.9 Å². The number of fused-ring (bicyclic) bond motifs is 1. The molecular formula is C29H28N2O7. The summed E-state index contributed by atoms with van der Waals surface area (Å²) in [5.74, 6) is 1.23. The summed E-state index contributed by atoms with van der Waals surface area (Å²) in [4.78, 5) is 12.4. The highest BCUT2D eigenvalue weighted by Gasteiger charge is 2.32. The minimum absolute atomic E-state index is 0.0545. The first-order chi connectivity index (χ1) is 18.4. The van der Waals surface area contributed by atoms with Crippen molar-refractivity contribution < 1.29 is 33.2 Å². The van der Waals surface area contributed by atoms with Gasteiger partial charge in [-0.15, -0.1) is 0 Å². The Morgan fingerprint density at radius 1 is 0.974 bits per heavy atom. The van der Waals surface area contributed by atoms with Gasteiger partial charge in [-0.1, -0.05) is 25.1 Å². The van der Waals surface area contributed by atoms with Crippen LogP contribution in [0.5, 0.6) is 34.5 Å². The number of nitrogens with zero attached hydrogens (tertiary/aromatic N) is 1. The van der Waals surface area contributed by atoms with Gasteiger partial charge in [-0.25, -0.2) is 4.79 Å². The Bertz CT molecular complexity index is 1380. The number of benzene rings is 3. The van der Waals surface area contributed by atoms with Gasteiger partial charge in [0.1, 0.15) is 28.9 Å². The van der Waals surface area contributed by atoms with E-state index in [-0.39, 0.29) is 23.8 Å². The highest BCUT2D eigenvalue weighted by molar-refractivity contribution is 5.74. The van der Waals surface area contributed by atoms with Crippen molar-refractivity contribution in [2.75, 3.05) is 27.9 Å². The van der Waals surface area contributed by atoms with Gasteiger partial charge in [0.25, 0.3) is 0 Å². The third kappa shape index (κ3) is 5.30. The van der Waals surface area contributed by atoms with E-state index in [0.29, 0.717) is 39.9 Å². The van der Waals surface area contributed by atoms with Gasteiger partial charge in [0.15, 0.2) is 18.1 Å². The Morgan fingerprint density at radius 2 is 1.63 bits per heavy atom. The summed E-state index contributed by atoms with van der Waals surface area (Å²) < 4.78 is 33.1. The number of nitriles is 1. The highest BCUT2D eigenvalue weighted by Crippen LogP contribution is 2.47. The molecule has 0 bridgehead atoms. The van der Waals surface area contributed by atoms with Crippen LogP contribution in [0.25, 0.3) is 0 Å². The molecule has 0 saturated heterocycles. The molecule has 0 radical (unpaired) electrons. The number of nitrogens with two attached hydrogens (primary N) is 1. The first-order valence-electron chi connectivity index (χ1n) is 11.9. The second kappa shape index (κ2) is 11.5. The lowest BCUT2D eigenvalue weighted by atomic mass is 9.83. The van der Waals surface area contributed by atoms with E-state index >= 15 is 0 Å². The van der Waals surface area contributed by atoms with E-state index in [0.717, 1.165) is 6.42 Å². The summed E-state index contributed by atoms with van der Waals surface area (Å²) in [5.41, 5.74) is 8.85. The van der Waals surface area contributed by atoms with Crippen LogP contribution < -0.4 is 34.2 Å². The van der Waals surface area contributed by atoms with Gasteiger partial charge >= 0.3 is 5.97 Å². The molecule has 0 saturated carbocycles. The monoisotopic (exact) mass is 516 g/mol. The smallest absolute Gasteiger partial charge is 0.349 e. The average molecular weight is 517 g/mol. The third-order valence-corrected chi connectivity index (χ3v) is 6.13. The summed E-state index contributed by atoms with van der Waals surface area (Å²) in [7, 11) is 4.54. The Labute approximate surface area is 220 Å². The molecule has 38 heavy (non-hydrogen) atoms. The molecule has 0 aromatic heterocycles. The largest absolute Gasteiger partial charge is 0.493 e. The maximum atomic E-state index is 12.4. The lowest BCUT2D eigenvalue weighted by molar-refractivity contribution is -0.136. The van der Waals surface area contributed by atoms with Crippen molar-refractivity contribution in [3.8, 4) is 40.6 Å². The van der Waals surface area contributed by atoms with Gasteiger partial charge in [0.05, 0.1) is 27.2 Å². The van der Waals surface area contributed by atoms with Crippen molar-refractivity contribution in [3.05, 3.63) is 82.7 Å². The summed E-state index contributed by atoms with van der Waals surface area (Å²) in [6, 6.07) is 18.1. The molecule has 3 aromatic carbocycles. The van der Waals surface area contributed by atoms with Gasteiger partial charge in [0.2, 0.25) is 11.6 Å². The summed E-state index contributed by atoms with van der Waals surface area (Å²) >= 11 is 0. The summed E-state index contributed by atoms with van der Waals surface area (Å²) in [6.07, 6.45) is 0.915. The van der Waals surface area contributed by atoms with Crippen LogP contribution in [0, 0.1) is 11.3 Å². The summed E-state index contributed by atoms with van der Waals surface area (Å²) in [5, 5.41) is 9.89. The van der Waals surface area contributed by atoms with Crippen LogP contribution in [0.1, 0.15) is 29.5 Å². The Kier molecular flexibility index (Phi) is 7.92. The molecule has 0 fully saturated rings. The molecule has 0 aliphatic carbocycles. The minimum atomic E-state index is -0.586. The molecule has 1 atom stereocenters. The standard InChI is InChI=1S/C29H28N2O7/c1-5-17-6-8-19(9-7-17)36-16-26(32)37-20-10-11-21-23(14-20)38-29(31)22(15-30)27(21)18-12-24(33-2)28(35-4)25(13-18)34-3/h6-14,27H,5,16,31H2,1-4H3. The molecule has 196 valence electrons. The first-order valence-corrected chi connectivity index (χ1v) is 11.9. The number of carbonyl (C=O) groups is 1. The SMILES string of the molecule is CCc1ccc(OCC(=O)Oc2ccc3c(c2)OC(N)=C(C#N)C3c2cc(OC)c(OC)c(OC)c2)cc1. The van der Waals surface area contributed by atoms with Gasteiger partial charge < -0.3 is 34.2 Å².